The second kappa shape index (κ2) is 4.38. The quantitative estimate of drug-likeness (QED) is 0.600. The number of fused-ring (bicyclic) bond motifs is 1. The number of halogens is 1. The van der Waals surface area contributed by atoms with Gasteiger partial charge in [-0.15, -0.1) is 11.3 Å². The second-order valence-electron chi connectivity index (χ2n) is 4.19. The fraction of sp³-hybridized carbons (Fsp3) is 0.0667. The van der Waals surface area contributed by atoms with Crippen LogP contribution in [0.2, 0.25) is 5.02 Å². The largest absolute Gasteiger partial charge is 0.241 e. The van der Waals surface area contributed by atoms with E-state index >= 15 is 0 Å². The molecule has 0 N–H and O–H groups in total. The van der Waals surface area contributed by atoms with Crippen molar-refractivity contribution < 1.29 is 0 Å². The molecule has 0 saturated carbocycles. The van der Waals surface area contributed by atoms with E-state index in [0.29, 0.717) is 0 Å². The highest BCUT2D eigenvalue weighted by molar-refractivity contribution is 7.18. The first kappa shape index (κ1) is 11.7. The molecule has 1 radical (unpaired) electrons. The van der Waals surface area contributed by atoms with Gasteiger partial charge in [-0.05, 0) is 43.2 Å². The maximum atomic E-state index is 5.93. The van der Waals surface area contributed by atoms with E-state index in [0.717, 1.165) is 32.2 Å². The molecule has 0 saturated heterocycles. The first-order valence-corrected chi connectivity index (χ1v) is 6.82. The summed E-state index contributed by atoms with van der Waals surface area (Å²) >= 11 is 7.64. The maximum absolute atomic E-state index is 5.93. The van der Waals surface area contributed by atoms with E-state index in [4.69, 9.17) is 11.6 Å². The lowest BCUT2D eigenvalue weighted by atomic mass is 9.99. The predicted octanol–water partition coefficient (Wildman–Crippen LogP) is 5.11. The first-order valence-electron chi connectivity index (χ1n) is 5.63. The summed E-state index contributed by atoms with van der Waals surface area (Å²) in [6, 6.07) is 12.0. The van der Waals surface area contributed by atoms with Crippen LogP contribution in [0.5, 0.6) is 0 Å². The molecular formula is C15H11ClNS. The Balaban J connectivity index is 2.32. The first-order chi connectivity index (χ1) is 8.65. The van der Waals surface area contributed by atoms with Crippen molar-refractivity contribution in [2.24, 2.45) is 0 Å². The molecule has 0 unspecified atom stereocenters. The molecule has 0 aliphatic rings. The predicted molar refractivity (Wildman–Crippen MR) is 79.3 cm³/mol. The van der Waals surface area contributed by atoms with Gasteiger partial charge in [0.05, 0.1) is 15.2 Å². The lowest BCUT2D eigenvalue weighted by Crippen LogP contribution is -1.85. The monoisotopic (exact) mass is 272 g/mol. The van der Waals surface area contributed by atoms with Crippen molar-refractivity contribution in [1.29, 1.82) is 0 Å². The molecule has 0 amide bonds. The van der Waals surface area contributed by atoms with E-state index in [-0.39, 0.29) is 0 Å². The van der Waals surface area contributed by atoms with Crippen molar-refractivity contribution in [3.63, 3.8) is 0 Å². The van der Waals surface area contributed by atoms with Crippen LogP contribution >= 0.6 is 22.9 Å². The Morgan fingerprint density at radius 3 is 2.56 bits per heavy atom. The molecule has 18 heavy (non-hydrogen) atoms. The van der Waals surface area contributed by atoms with E-state index in [1.165, 1.54) is 4.70 Å². The molecule has 2 aromatic carbocycles. The third-order valence-corrected chi connectivity index (χ3v) is 4.08. The molecule has 3 rings (SSSR count). The van der Waals surface area contributed by atoms with Gasteiger partial charge in [-0.3, -0.25) is 0 Å². The van der Waals surface area contributed by atoms with E-state index in [9.17, 15) is 0 Å². The van der Waals surface area contributed by atoms with E-state index in [1.807, 2.05) is 37.3 Å². The molecule has 1 nitrogen and oxygen atoms in total. The number of benzene rings is 2. The molecule has 0 aliphatic carbocycles. The fourth-order valence-corrected chi connectivity index (χ4v) is 3.05. The lowest BCUT2D eigenvalue weighted by Gasteiger charge is -2.07. The zero-order valence-corrected chi connectivity index (χ0v) is 11.5. The van der Waals surface area contributed by atoms with Crippen molar-refractivity contribution in [1.82, 2.24) is 4.98 Å². The molecule has 1 aromatic heterocycles. The van der Waals surface area contributed by atoms with E-state index < -0.39 is 0 Å². The van der Waals surface area contributed by atoms with Crippen LogP contribution in [0.3, 0.4) is 0 Å². The highest BCUT2D eigenvalue weighted by Gasteiger charge is 2.11. The van der Waals surface area contributed by atoms with E-state index in [2.05, 4.69) is 18.0 Å². The molecule has 89 valence electrons. The number of nitrogens with zero attached hydrogens (tertiary/aromatic N) is 1. The highest BCUT2D eigenvalue weighted by Crippen LogP contribution is 2.34. The van der Waals surface area contributed by atoms with Gasteiger partial charge < -0.3 is 0 Å². The number of hydrogen-bond acceptors (Lipinski definition) is 2. The number of hydrogen-bond donors (Lipinski definition) is 0. The third kappa shape index (κ3) is 1.92. The van der Waals surface area contributed by atoms with Gasteiger partial charge in [-0.2, -0.15) is 0 Å². The zero-order chi connectivity index (χ0) is 12.7. The summed E-state index contributed by atoms with van der Waals surface area (Å²) in [6.45, 7) is 6.14. The molecule has 0 atom stereocenters. The van der Waals surface area contributed by atoms with Crippen LogP contribution in [-0.2, 0) is 0 Å². The summed E-state index contributed by atoms with van der Waals surface area (Å²) in [6.07, 6.45) is 0. The topological polar surface area (TPSA) is 12.9 Å². The van der Waals surface area contributed by atoms with Crippen molar-refractivity contribution >= 4 is 33.2 Å². The van der Waals surface area contributed by atoms with Gasteiger partial charge >= 0.3 is 0 Å². The van der Waals surface area contributed by atoms with Crippen molar-refractivity contribution in [2.45, 2.75) is 6.92 Å². The Kier molecular flexibility index (Phi) is 2.84. The van der Waals surface area contributed by atoms with Gasteiger partial charge in [-0.1, -0.05) is 29.8 Å². The van der Waals surface area contributed by atoms with Crippen LogP contribution in [0.25, 0.3) is 21.3 Å². The van der Waals surface area contributed by atoms with Gasteiger partial charge in [0, 0.05) is 10.6 Å². The van der Waals surface area contributed by atoms with Crippen LogP contribution in [0.4, 0.5) is 0 Å². The summed E-state index contributed by atoms with van der Waals surface area (Å²) in [4.78, 5) is 4.62. The zero-order valence-electron chi connectivity index (χ0n) is 9.90. The summed E-state index contributed by atoms with van der Waals surface area (Å²) in [5, 5.41) is 1.82. The molecule has 0 bridgehead atoms. The number of rotatable bonds is 1. The number of aromatic nitrogens is 1. The molecule has 0 fully saturated rings. The van der Waals surface area contributed by atoms with Crippen LogP contribution in [-0.4, -0.2) is 4.98 Å². The number of thiazole rings is 1. The fourth-order valence-electron chi connectivity index (χ4n) is 2.09. The highest BCUT2D eigenvalue weighted by atomic mass is 35.5. The Hall–Kier alpha value is -1.38. The molecule has 0 aliphatic heterocycles. The molecule has 3 aromatic rings. The minimum atomic E-state index is 0.742. The van der Waals surface area contributed by atoms with Gasteiger partial charge in [0.25, 0.3) is 0 Å². The van der Waals surface area contributed by atoms with Crippen molar-refractivity contribution in [3.05, 3.63) is 58.9 Å². The minimum Gasteiger partial charge on any atom is -0.241 e. The summed E-state index contributed by atoms with van der Waals surface area (Å²) < 4.78 is 1.20. The normalized spacial score (nSPS) is 11.1. The van der Waals surface area contributed by atoms with Crippen LogP contribution < -0.4 is 0 Å². The van der Waals surface area contributed by atoms with Gasteiger partial charge in [0.1, 0.15) is 0 Å². The van der Waals surface area contributed by atoms with Gasteiger partial charge in [0.2, 0.25) is 0 Å². The maximum Gasteiger partial charge on any atom is 0.0908 e. The minimum absolute atomic E-state index is 0.742. The lowest BCUT2D eigenvalue weighted by molar-refractivity contribution is 1.34. The number of aryl methyl sites for hydroxylation is 1. The van der Waals surface area contributed by atoms with Crippen molar-refractivity contribution in [3.8, 4) is 11.1 Å². The van der Waals surface area contributed by atoms with Crippen LogP contribution in [0.15, 0.2) is 36.4 Å². The SMILES string of the molecule is [CH2]c1ccc2sc(C)nc2c1-c1ccc(Cl)cc1. The standard InChI is InChI=1S/C15H11ClNS/c1-9-3-8-13-15(17-10(2)18-13)14(9)11-4-6-12(16)7-5-11/h3-8H,1H2,2H3. The molecule has 0 spiro atoms. The third-order valence-electron chi connectivity index (χ3n) is 2.89. The average Bonchev–Trinajstić information content (AvgIpc) is 2.71. The van der Waals surface area contributed by atoms with Crippen LogP contribution in [0.1, 0.15) is 10.6 Å². The van der Waals surface area contributed by atoms with Crippen LogP contribution in [0, 0.1) is 13.8 Å². The molecular weight excluding hydrogens is 262 g/mol. The Bertz CT molecular complexity index is 713. The summed E-state index contributed by atoms with van der Waals surface area (Å²) in [5.41, 5.74) is 4.25. The van der Waals surface area contributed by atoms with Gasteiger partial charge in [-0.25, -0.2) is 4.98 Å². The second-order valence-corrected chi connectivity index (χ2v) is 5.86. The van der Waals surface area contributed by atoms with Crippen molar-refractivity contribution in [2.75, 3.05) is 0 Å². The smallest absolute Gasteiger partial charge is 0.0908 e. The average molecular weight is 273 g/mol. The summed E-state index contributed by atoms with van der Waals surface area (Å²) in [7, 11) is 0. The molecule has 1 heterocycles. The Labute approximate surface area is 115 Å². The van der Waals surface area contributed by atoms with Gasteiger partial charge in [0.15, 0.2) is 0 Å². The molecule has 3 heteroatoms. The Morgan fingerprint density at radius 2 is 1.83 bits per heavy atom. The Morgan fingerprint density at radius 1 is 1.11 bits per heavy atom. The van der Waals surface area contributed by atoms with E-state index in [1.54, 1.807) is 11.3 Å². The summed E-state index contributed by atoms with van der Waals surface area (Å²) in [5.74, 6) is 0.